The summed E-state index contributed by atoms with van der Waals surface area (Å²) in [5, 5.41) is 0. The van der Waals surface area contributed by atoms with Crippen molar-refractivity contribution in [1.82, 2.24) is 4.90 Å². The largest absolute Gasteiger partial charge is 2.00 e. The molecule has 0 amide bonds. The standard InChI is InChI=1S/C16H18NO.C5H5.Ru/c1-12-15(13-8-4-3-5-9-13)18-16(17(12)2)14-10-6-7-11-14;1-2-4-5-3-1;/h3-12,15-16H,1-2H3;1-5H;/q;;+2/t12-,15-,16-;;/m0../s1. The molecule has 10 radical (unpaired) electrons. The van der Waals surface area contributed by atoms with Gasteiger partial charge in [-0.05, 0) is 77.3 Å². The summed E-state index contributed by atoms with van der Waals surface area (Å²) in [4.78, 5) is 2.30. The van der Waals surface area contributed by atoms with Crippen LogP contribution >= 0.6 is 0 Å². The van der Waals surface area contributed by atoms with Gasteiger partial charge in [-0.1, -0.05) is 30.3 Å². The molecule has 0 unspecified atom stereocenters. The fraction of sp³-hybridized carbons (Fsp3) is 0.238. The molecule has 1 aromatic carbocycles. The molecule has 0 spiro atoms. The van der Waals surface area contributed by atoms with Crippen LogP contribution in [0.15, 0.2) is 30.3 Å². The van der Waals surface area contributed by atoms with Gasteiger partial charge in [0.05, 0.1) is 6.10 Å². The van der Waals surface area contributed by atoms with E-state index in [0.717, 1.165) is 0 Å². The summed E-state index contributed by atoms with van der Waals surface area (Å²) in [7, 11) is 2.13. The van der Waals surface area contributed by atoms with Gasteiger partial charge in [-0.25, -0.2) is 0 Å². The van der Waals surface area contributed by atoms with E-state index >= 15 is 0 Å². The number of benzene rings is 1. The molecule has 2 aliphatic carbocycles. The van der Waals surface area contributed by atoms with Gasteiger partial charge in [0, 0.05) is 12.0 Å². The molecule has 2 saturated carbocycles. The Morgan fingerprint density at radius 2 is 1.38 bits per heavy atom. The summed E-state index contributed by atoms with van der Waals surface area (Å²) in [6.07, 6.45) is 18.6. The van der Waals surface area contributed by atoms with Crippen molar-refractivity contribution >= 4 is 0 Å². The summed E-state index contributed by atoms with van der Waals surface area (Å²) in [5.41, 5.74) is 1.26. The van der Waals surface area contributed by atoms with Crippen LogP contribution in [0.5, 0.6) is 0 Å². The maximum absolute atomic E-state index is 6.24. The first-order chi connectivity index (χ1) is 11.3. The van der Waals surface area contributed by atoms with Gasteiger partial charge >= 0.3 is 19.5 Å². The Labute approximate surface area is 161 Å². The minimum Gasteiger partial charge on any atom is -0.353 e. The van der Waals surface area contributed by atoms with Crippen LogP contribution in [-0.2, 0) is 24.2 Å². The van der Waals surface area contributed by atoms with Crippen LogP contribution in [0.2, 0.25) is 0 Å². The van der Waals surface area contributed by atoms with E-state index in [1.807, 2.05) is 38.2 Å². The zero-order chi connectivity index (χ0) is 16.1. The Balaban J connectivity index is 0.000000300. The van der Waals surface area contributed by atoms with E-state index in [-0.39, 0.29) is 31.8 Å². The van der Waals surface area contributed by atoms with E-state index in [9.17, 15) is 0 Å². The van der Waals surface area contributed by atoms with Crippen molar-refractivity contribution in [1.29, 1.82) is 0 Å². The molecule has 1 aliphatic heterocycles. The van der Waals surface area contributed by atoms with Gasteiger partial charge in [-0.2, -0.15) is 0 Å². The number of hydrogen-bond donors (Lipinski definition) is 0. The Morgan fingerprint density at radius 3 is 1.92 bits per heavy atom. The molecular weight excluding hydrogens is 383 g/mol. The molecule has 1 heterocycles. The van der Waals surface area contributed by atoms with Crippen LogP contribution < -0.4 is 0 Å². The van der Waals surface area contributed by atoms with Crippen molar-refractivity contribution in [3.8, 4) is 0 Å². The fourth-order valence-electron chi connectivity index (χ4n) is 2.96. The zero-order valence-corrected chi connectivity index (χ0v) is 15.8. The zero-order valence-electron chi connectivity index (χ0n) is 14.0. The van der Waals surface area contributed by atoms with Gasteiger partial charge in [-0.15, -0.1) is 0 Å². The second kappa shape index (κ2) is 10.0. The number of likely N-dealkylation sites (N-methyl/N-ethyl adjacent to an activating group) is 1. The minimum absolute atomic E-state index is 0. The van der Waals surface area contributed by atoms with Gasteiger partial charge < -0.3 is 4.74 Å². The Kier molecular flexibility index (Phi) is 8.40. The Morgan fingerprint density at radius 1 is 0.833 bits per heavy atom. The van der Waals surface area contributed by atoms with Crippen molar-refractivity contribution < 1.29 is 24.2 Å². The quantitative estimate of drug-likeness (QED) is 0.693. The first-order valence-electron chi connectivity index (χ1n) is 8.08. The number of nitrogens with zero attached hydrogens (tertiary/aromatic N) is 1. The Bertz CT molecular complexity index is 449. The van der Waals surface area contributed by atoms with Crippen LogP contribution in [0.4, 0.5) is 0 Å². The fourth-order valence-corrected chi connectivity index (χ4v) is 2.96. The summed E-state index contributed by atoms with van der Waals surface area (Å²) < 4.78 is 6.24. The number of hydrogen-bond acceptors (Lipinski definition) is 2. The smallest absolute Gasteiger partial charge is 0.353 e. The third-order valence-electron chi connectivity index (χ3n) is 4.38. The summed E-state index contributed by atoms with van der Waals surface area (Å²) in [5.74, 6) is 1.24. The van der Waals surface area contributed by atoms with Crippen LogP contribution in [0, 0.1) is 63.7 Å². The second-order valence-corrected chi connectivity index (χ2v) is 5.91. The monoisotopic (exact) mass is 407 g/mol. The molecule has 1 aromatic rings. The average molecular weight is 406 g/mol. The topological polar surface area (TPSA) is 12.5 Å². The minimum atomic E-state index is 0. The summed E-state index contributed by atoms with van der Waals surface area (Å²) in [6, 6.07) is 10.8. The van der Waals surface area contributed by atoms with Crippen LogP contribution in [0.1, 0.15) is 18.6 Å². The molecule has 3 heteroatoms. The van der Waals surface area contributed by atoms with Crippen molar-refractivity contribution in [2.75, 3.05) is 7.05 Å². The second-order valence-electron chi connectivity index (χ2n) is 5.91. The molecule has 3 atom stereocenters. The molecule has 3 aliphatic rings. The number of rotatable bonds is 2. The van der Waals surface area contributed by atoms with Gasteiger partial charge in [0.25, 0.3) is 0 Å². The van der Waals surface area contributed by atoms with E-state index in [1.54, 1.807) is 0 Å². The summed E-state index contributed by atoms with van der Waals surface area (Å²) >= 11 is 0. The molecule has 0 bridgehead atoms. The maximum atomic E-state index is 6.24. The third kappa shape index (κ3) is 4.90. The molecule has 3 fully saturated rings. The molecule has 0 aromatic heterocycles. The van der Waals surface area contributed by atoms with E-state index in [4.69, 9.17) is 4.74 Å². The molecule has 2 nitrogen and oxygen atoms in total. The van der Waals surface area contributed by atoms with Crippen LogP contribution in [0.3, 0.4) is 0 Å². The van der Waals surface area contributed by atoms with Crippen molar-refractivity contribution in [3.63, 3.8) is 0 Å². The summed E-state index contributed by atoms with van der Waals surface area (Å²) in [6.45, 7) is 2.22. The first-order valence-corrected chi connectivity index (χ1v) is 8.08. The molecule has 24 heavy (non-hydrogen) atoms. The predicted octanol–water partition coefficient (Wildman–Crippen LogP) is 3.83. The van der Waals surface area contributed by atoms with E-state index < -0.39 is 0 Å². The molecule has 0 N–H and O–H groups in total. The van der Waals surface area contributed by atoms with Gasteiger partial charge in [0.1, 0.15) is 6.23 Å². The third-order valence-corrected chi connectivity index (χ3v) is 4.38. The maximum Gasteiger partial charge on any atom is 2.00 e. The molecular formula is C21H23NORu+2. The van der Waals surface area contributed by atoms with E-state index in [1.165, 1.54) is 11.5 Å². The molecule has 124 valence electrons. The predicted molar refractivity (Wildman–Crippen MR) is 93.2 cm³/mol. The van der Waals surface area contributed by atoms with E-state index in [0.29, 0.717) is 6.04 Å². The Hall–Kier alpha value is -0.237. The van der Waals surface area contributed by atoms with Crippen LogP contribution in [-0.4, -0.2) is 24.2 Å². The normalized spacial score (nSPS) is 30.7. The SMILES string of the molecule is C[C@H]1[C@@H](c2ccccc2)O[C@@H]([C]2[CH][CH][CH][CH]2)N1C.[CH]1[CH][CH][CH][CH]1.[Ru+2]. The van der Waals surface area contributed by atoms with Crippen molar-refractivity contribution in [2.45, 2.75) is 25.3 Å². The first kappa shape index (κ1) is 20.1. The average Bonchev–Trinajstić information content (AvgIpc) is 3.34. The van der Waals surface area contributed by atoms with Crippen LogP contribution in [0.25, 0.3) is 0 Å². The van der Waals surface area contributed by atoms with Gasteiger partial charge in [0.15, 0.2) is 0 Å². The van der Waals surface area contributed by atoms with Crippen molar-refractivity contribution in [2.24, 2.45) is 0 Å². The molecule has 4 rings (SSSR count). The van der Waals surface area contributed by atoms with Gasteiger partial charge in [0.2, 0.25) is 0 Å². The molecule has 1 saturated heterocycles. The van der Waals surface area contributed by atoms with E-state index in [2.05, 4.69) is 68.8 Å². The van der Waals surface area contributed by atoms with Gasteiger partial charge in [-0.3, -0.25) is 4.90 Å². The van der Waals surface area contributed by atoms with Crippen molar-refractivity contribution in [3.05, 3.63) is 99.6 Å². The number of ether oxygens (including phenoxy) is 1.